The van der Waals surface area contributed by atoms with Crippen LogP contribution in [0.4, 0.5) is 0 Å². The van der Waals surface area contributed by atoms with E-state index in [0.29, 0.717) is 27.9 Å². The first kappa shape index (κ1) is 15.9. The maximum absolute atomic E-state index is 11.0. The molecule has 0 amide bonds. The van der Waals surface area contributed by atoms with Gasteiger partial charge in [0.2, 0.25) is 11.8 Å². The fourth-order valence-corrected chi connectivity index (χ4v) is 4.52. The molecular formula is C21H20N2O4. The summed E-state index contributed by atoms with van der Waals surface area (Å²) in [5.41, 5.74) is 5.17. The Morgan fingerprint density at radius 3 is 1.67 bits per heavy atom. The molecule has 4 N–H and O–H groups in total. The molecule has 27 heavy (non-hydrogen) atoms. The number of allylic oxidation sites excluding steroid dienone is 2. The van der Waals surface area contributed by atoms with Gasteiger partial charge in [0.1, 0.15) is 0 Å². The minimum Gasteiger partial charge on any atom is -0.494 e. The summed E-state index contributed by atoms with van der Waals surface area (Å²) >= 11 is 0. The monoisotopic (exact) mass is 364 g/mol. The number of aryl methyl sites for hydroxylation is 2. The second-order valence-electron chi connectivity index (χ2n) is 7.45. The molecule has 2 unspecified atom stereocenters. The van der Waals surface area contributed by atoms with Crippen molar-refractivity contribution in [2.24, 2.45) is 7.05 Å². The van der Waals surface area contributed by atoms with Crippen LogP contribution in [0.15, 0.2) is 30.4 Å². The maximum Gasteiger partial charge on any atom is 0.203 e. The van der Waals surface area contributed by atoms with Gasteiger partial charge in [0.25, 0.3) is 0 Å². The molecule has 0 aliphatic heterocycles. The van der Waals surface area contributed by atoms with Gasteiger partial charge in [-0.25, -0.2) is 0 Å². The number of hydrogen-bond donors (Lipinski definition) is 4. The van der Waals surface area contributed by atoms with E-state index in [9.17, 15) is 20.4 Å². The van der Waals surface area contributed by atoms with Gasteiger partial charge >= 0.3 is 0 Å². The average Bonchev–Trinajstić information content (AvgIpc) is 3.06. The molecule has 2 aromatic heterocycles. The van der Waals surface area contributed by atoms with Crippen LogP contribution < -0.4 is 0 Å². The van der Waals surface area contributed by atoms with Crippen LogP contribution in [0.25, 0.3) is 5.69 Å². The van der Waals surface area contributed by atoms with E-state index in [1.807, 2.05) is 44.2 Å². The van der Waals surface area contributed by atoms with Gasteiger partial charge in [0, 0.05) is 41.1 Å². The van der Waals surface area contributed by atoms with Crippen molar-refractivity contribution in [3.8, 4) is 29.2 Å². The van der Waals surface area contributed by atoms with Crippen molar-refractivity contribution in [2.45, 2.75) is 25.7 Å². The predicted octanol–water partition coefficient (Wildman–Crippen LogP) is 3.40. The zero-order valence-corrected chi connectivity index (χ0v) is 15.2. The molecule has 6 nitrogen and oxygen atoms in total. The van der Waals surface area contributed by atoms with E-state index in [1.54, 1.807) is 7.05 Å². The first-order valence-electron chi connectivity index (χ1n) is 8.85. The van der Waals surface area contributed by atoms with Gasteiger partial charge in [0.05, 0.1) is 5.69 Å². The van der Waals surface area contributed by atoms with E-state index in [4.69, 9.17) is 0 Å². The molecule has 0 fully saturated rings. The Hall–Kier alpha value is -3.28. The Morgan fingerprint density at radius 2 is 1.19 bits per heavy atom. The van der Waals surface area contributed by atoms with Gasteiger partial charge in [-0.05, 0) is 37.1 Å². The van der Waals surface area contributed by atoms with Gasteiger partial charge in [-0.1, -0.05) is 18.2 Å². The fourth-order valence-electron chi connectivity index (χ4n) is 4.52. The number of benzene rings is 1. The Bertz CT molecular complexity index is 1110. The number of nitrogens with zero attached hydrogens (tertiary/aromatic N) is 2. The summed E-state index contributed by atoms with van der Waals surface area (Å²) in [5.74, 6) is -0.982. The van der Waals surface area contributed by atoms with E-state index in [-0.39, 0.29) is 23.5 Å². The second kappa shape index (κ2) is 4.91. The standard InChI is InChI=1S/C21H20N2O4/c1-9-4-5-11(8-10(9)2)23-20(26)16-12-6-7-13(17(16)21(23)27)15-14(12)18(24)22(3)19(15)25/h4-8,12-13,24-27H,1-3H3. The van der Waals surface area contributed by atoms with E-state index in [1.165, 1.54) is 9.13 Å². The molecule has 2 bridgehead atoms. The Morgan fingerprint density at radius 1 is 0.704 bits per heavy atom. The minimum atomic E-state index is -0.425. The SMILES string of the molecule is Cc1ccc(-n2c(O)c3c(c2O)C2C=CC3c3c2c(O)n(C)c3O)cc1C. The van der Waals surface area contributed by atoms with Gasteiger partial charge in [-0.2, -0.15) is 0 Å². The smallest absolute Gasteiger partial charge is 0.203 e. The summed E-state index contributed by atoms with van der Waals surface area (Å²) in [5, 5.41) is 43.0. The molecule has 2 heterocycles. The van der Waals surface area contributed by atoms with Crippen molar-refractivity contribution >= 4 is 0 Å². The lowest BCUT2D eigenvalue weighted by atomic mass is 9.70. The van der Waals surface area contributed by atoms with Crippen LogP contribution in [-0.2, 0) is 7.05 Å². The van der Waals surface area contributed by atoms with Crippen LogP contribution in [0.5, 0.6) is 23.5 Å². The highest BCUT2D eigenvalue weighted by atomic mass is 16.3. The topological polar surface area (TPSA) is 90.8 Å². The van der Waals surface area contributed by atoms with Crippen LogP contribution in [0.3, 0.4) is 0 Å². The molecule has 3 aliphatic carbocycles. The number of hydrogen-bond acceptors (Lipinski definition) is 4. The lowest BCUT2D eigenvalue weighted by Crippen LogP contribution is -2.17. The predicted molar refractivity (Wildman–Crippen MR) is 100 cm³/mol. The van der Waals surface area contributed by atoms with E-state index >= 15 is 0 Å². The van der Waals surface area contributed by atoms with Crippen molar-refractivity contribution in [3.05, 3.63) is 63.7 Å². The summed E-state index contributed by atoms with van der Waals surface area (Å²) < 4.78 is 2.76. The summed E-state index contributed by atoms with van der Waals surface area (Å²) in [6, 6.07) is 5.71. The molecular weight excluding hydrogens is 344 g/mol. The average molecular weight is 364 g/mol. The molecule has 2 atom stereocenters. The van der Waals surface area contributed by atoms with Gasteiger partial charge in [-0.15, -0.1) is 0 Å². The van der Waals surface area contributed by atoms with Gasteiger partial charge in [0.15, 0.2) is 11.8 Å². The quantitative estimate of drug-likeness (QED) is 0.498. The van der Waals surface area contributed by atoms with Crippen molar-refractivity contribution < 1.29 is 20.4 Å². The molecule has 138 valence electrons. The number of aromatic nitrogens is 2. The third kappa shape index (κ3) is 1.75. The summed E-state index contributed by atoms with van der Waals surface area (Å²) in [4.78, 5) is 0. The highest BCUT2D eigenvalue weighted by Gasteiger charge is 2.46. The van der Waals surface area contributed by atoms with Crippen LogP contribution in [-0.4, -0.2) is 29.6 Å². The zero-order valence-electron chi connectivity index (χ0n) is 15.2. The molecule has 0 spiro atoms. The first-order valence-corrected chi connectivity index (χ1v) is 8.85. The van der Waals surface area contributed by atoms with E-state index in [0.717, 1.165) is 11.1 Å². The molecule has 3 aliphatic rings. The second-order valence-corrected chi connectivity index (χ2v) is 7.45. The third-order valence-electron chi connectivity index (χ3n) is 6.09. The van der Waals surface area contributed by atoms with Crippen LogP contribution in [0.1, 0.15) is 45.2 Å². The van der Waals surface area contributed by atoms with Gasteiger partial charge < -0.3 is 20.4 Å². The fraction of sp³-hybridized carbons (Fsp3) is 0.238. The zero-order chi connectivity index (χ0) is 19.2. The van der Waals surface area contributed by atoms with Gasteiger partial charge in [-0.3, -0.25) is 9.13 Å². The highest BCUT2D eigenvalue weighted by molar-refractivity contribution is 5.72. The largest absolute Gasteiger partial charge is 0.494 e. The number of rotatable bonds is 1. The van der Waals surface area contributed by atoms with Crippen LogP contribution >= 0.6 is 0 Å². The lowest BCUT2D eigenvalue weighted by Gasteiger charge is -2.31. The normalized spacial score (nSPS) is 19.4. The lowest BCUT2D eigenvalue weighted by molar-refractivity contribution is 0.383. The maximum atomic E-state index is 11.0. The van der Waals surface area contributed by atoms with Crippen LogP contribution in [0, 0.1) is 13.8 Å². The first-order chi connectivity index (χ1) is 12.8. The van der Waals surface area contributed by atoms with E-state index < -0.39 is 11.8 Å². The molecule has 6 heteroatoms. The Labute approximate surface area is 155 Å². The summed E-state index contributed by atoms with van der Waals surface area (Å²) in [6.45, 7) is 3.99. The van der Waals surface area contributed by atoms with E-state index in [2.05, 4.69) is 0 Å². The molecule has 0 radical (unpaired) electrons. The third-order valence-corrected chi connectivity index (χ3v) is 6.09. The molecule has 3 aromatic rings. The summed E-state index contributed by atoms with van der Waals surface area (Å²) in [6.07, 6.45) is 3.80. The molecule has 0 saturated carbocycles. The van der Waals surface area contributed by atoms with Crippen molar-refractivity contribution in [2.75, 3.05) is 0 Å². The number of aromatic hydroxyl groups is 4. The van der Waals surface area contributed by atoms with Crippen molar-refractivity contribution in [3.63, 3.8) is 0 Å². The molecule has 1 aromatic carbocycles. The Kier molecular flexibility index (Phi) is 2.90. The molecule has 6 rings (SSSR count). The van der Waals surface area contributed by atoms with Crippen molar-refractivity contribution in [1.29, 1.82) is 0 Å². The summed E-state index contributed by atoms with van der Waals surface area (Å²) in [7, 11) is 1.59. The molecule has 0 saturated heterocycles. The van der Waals surface area contributed by atoms with Crippen LogP contribution in [0.2, 0.25) is 0 Å². The highest BCUT2D eigenvalue weighted by Crippen LogP contribution is 2.60. The Balaban J connectivity index is 1.79. The minimum absolute atomic E-state index is 0.0229. The van der Waals surface area contributed by atoms with Crippen molar-refractivity contribution in [1.82, 2.24) is 9.13 Å².